The molecule has 2 rings (SSSR count). The van der Waals surface area contributed by atoms with Gasteiger partial charge in [0, 0.05) is 13.1 Å². The third-order valence-electron chi connectivity index (χ3n) is 2.85. The van der Waals surface area contributed by atoms with Gasteiger partial charge in [-0.25, -0.2) is 0 Å². The van der Waals surface area contributed by atoms with Crippen molar-refractivity contribution in [3.8, 4) is 0 Å². The zero-order chi connectivity index (χ0) is 10.9. The molecule has 0 unspecified atom stereocenters. The Hall–Kier alpha value is -0.830. The van der Waals surface area contributed by atoms with Gasteiger partial charge in [0.05, 0.1) is 6.54 Å². The summed E-state index contributed by atoms with van der Waals surface area (Å²) in [4.78, 5) is 12.5. The van der Waals surface area contributed by atoms with E-state index in [-0.39, 0.29) is 12.5 Å². The van der Waals surface area contributed by atoms with E-state index in [2.05, 4.69) is 0 Å². The van der Waals surface area contributed by atoms with Gasteiger partial charge >= 0.3 is 0 Å². The van der Waals surface area contributed by atoms with Gasteiger partial charge in [0.15, 0.2) is 0 Å². The number of amides is 1. The average molecular weight is 210 g/mol. The van der Waals surface area contributed by atoms with Gasteiger partial charge in [-0.3, -0.25) is 4.79 Å². The summed E-state index contributed by atoms with van der Waals surface area (Å²) in [6.07, 6.45) is 12.9. The molecule has 15 heavy (non-hydrogen) atoms. The van der Waals surface area contributed by atoms with E-state index in [1.54, 1.807) is 4.90 Å². The molecule has 1 saturated carbocycles. The molecule has 0 bridgehead atoms. The molecule has 1 heterocycles. The van der Waals surface area contributed by atoms with E-state index in [4.69, 9.17) is 5.73 Å². The van der Waals surface area contributed by atoms with Crippen LogP contribution in [0.1, 0.15) is 38.5 Å². The molecule has 2 N–H and O–H groups in total. The van der Waals surface area contributed by atoms with Gasteiger partial charge in [0.2, 0.25) is 5.91 Å². The fourth-order valence-electron chi connectivity index (χ4n) is 1.87. The average Bonchev–Trinajstić information content (AvgIpc) is 2.85. The minimum absolute atomic E-state index is 0.0278. The molecule has 86 valence electrons. The third-order valence-corrected chi connectivity index (χ3v) is 2.85. The van der Waals surface area contributed by atoms with Gasteiger partial charge < -0.3 is 10.6 Å². The summed E-state index contributed by atoms with van der Waals surface area (Å²) in [5.74, 6) is 0.0278. The Labute approximate surface area is 92.3 Å². The zero-order valence-corrected chi connectivity index (χ0v) is 9.45. The van der Waals surface area contributed by atoms with Crippen LogP contribution < -0.4 is 5.73 Å². The predicted octanol–water partition coefficient (Wildman–Crippen LogP) is 1.68. The lowest BCUT2D eigenvalue weighted by Gasteiger charge is -2.12. The SMILES string of the molecule is C1CCCCC1.NCC(=O)N1CC=CC1. The zero-order valence-electron chi connectivity index (χ0n) is 9.45. The van der Waals surface area contributed by atoms with E-state index in [1.807, 2.05) is 12.2 Å². The van der Waals surface area contributed by atoms with Crippen molar-refractivity contribution in [3.63, 3.8) is 0 Å². The van der Waals surface area contributed by atoms with E-state index >= 15 is 0 Å². The third kappa shape index (κ3) is 4.98. The van der Waals surface area contributed by atoms with Crippen molar-refractivity contribution in [1.29, 1.82) is 0 Å². The molecule has 2 aliphatic rings. The van der Waals surface area contributed by atoms with Crippen LogP contribution in [0.3, 0.4) is 0 Å². The summed E-state index contributed by atoms with van der Waals surface area (Å²) in [5.41, 5.74) is 5.13. The van der Waals surface area contributed by atoms with Crippen LogP contribution in [-0.2, 0) is 4.79 Å². The van der Waals surface area contributed by atoms with Crippen LogP contribution in [0.5, 0.6) is 0 Å². The van der Waals surface area contributed by atoms with Crippen molar-refractivity contribution in [1.82, 2.24) is 4.90 Å². The molecule has 0 aromatic carbocycles. The fraction of sp³-hybridized carbons (Fsp3) is 0.750. The van der Waals surface area contributed by atoms with Crippen molar-refractivity contribution in [2.75, 3.05) is 19.6 Å². The van der Waals surface area contributed by atoms with Crippen LogP contribution >= 0.6 is 0 Å². The number of rotatable bonds is 1. The number of hydrogen-bond donors (Lipinski definition) is 1. The summed E-state index contributed by atoms with van der Waals surface area (Å²) in [6.45, 7) is 1.59. The molecule has 0 radical (unpaired) electrons. The second kappa shape index (κ2) is 7.46. The first-order chi connectivity index (χ1) is 7.34. The van der Waals surface area contributed by atoms with Gasteiger partial charge in [0.1, 0.15) is 0 Å². The number of nitrogens with zero attached hydrogens (tertiary/aromatic N) is 1. The molecule has 0 aromatic rings. The lowest BCUT2D eigenvalue weighted by molar-refractivity contribution is -0.128. The Bertz CT molecular complexity index is 190. The summed E-state index contributed by atoms with van der Waals surface area (Å²) in [6, 6.07) is 0. The molecule has 0 spiro atoms. The molecule has 1 amide bonds. The Kier molecular flexibility index (Phi) is 6.09. The highest BCUT2D eigenvalue weighted by molar-refractivity contribution is 5.78. The number of nitrogens with two attached hydrogens (primary N) is 1. The Morgan fingerprint density at radius 2 is 1.40 bits per heavy atom. The standard InChI is InChI=1S/C6H10N2O.C6H12/c7-5-6(9)8-3-1-2-4-8;1-2-4-6-5-3-1/h1-2H,3-5,7H2;1-6H2. The molecular weight excluding hydrogens is 188 g/mol. The normalized spacial score (nSPS) is 19.7. The van der Waals surface area contributed by atoms with Crippen LogP contribution in [0.15, 0.2) is 12.2 Å². The second-order valence-electron chi connectivity index (χ2n) is 4.10. The van der Waals surface area contributed by atoms with Gasteiger partial charge in [-0.15, -0.1) is 0 Å². The molecular formula is C12H22N2O. The highest BCUT2D eigenvalue weighted by atomic mass is 16.2. The van der Waals surface area contributed by atoms with Gasteiger partial charge in [-0.05, 0) is 0 Å². The fourth-order valence-corrected chi connectivity index (χ4v) is 1.87. The van der Waals surface area contributed by atoms with Crippen LogP contribution in [0.2, 0.25) is 0 Å². The van der Waals surface area contributed by atoms with Gasteiger partial charge in [-0.2, -0.15) is 0 Å². The molecule has 3 nitrogen and oxygen atoms in total. The second-order valence-corrected chi connectivity index (χ2v) is 4.10. The topological polar surface area (TPSA) is 46.3 Å². The smallest absolute Gasteiger partial charge is 0.236 e. The van der Waals surface area contributed by atoms with Crippen molar-refractivity contribution in [3.05, 3.63) is 12.2 Å². The largest absolute Gasteiger partial charge is 0.334 e. The highest BCUT2D eigenvalue weighted by Gasteiger charge is 2.10. The van der Waals surface area contributed by atoms with Gasteiger partial charge in [0.25, 0.3) is 0 Å². The first-order valence-electron chi connectivity index (χ1n) is 5.97. The van der Waals surface area contributed by atoms with Crippen molar-refractivity contribution in [2.45, 2.75) is 38.5 Å². The maximum Gasteiger partial charge on any atom is 0.236 e. The Morgan fingerprint density at radius 1 is 1.00 bits per heavy atom. The van der Waals surface area contributed by atoms with Crippen molar-refractivity contribution in [2.24, 2.45) is 5.73 Å². The molecule has 0 aromatic heterocycles. The lowest BCUT2D eigenvalue weighted by atomic mass is 10.0. The predicted molar refractivity (Wildman–Crippen MR) is 62.5 cm³/mol. The highest BCUT2D eigenvalue weighted by Crippen LogP contribution is 2.15. The van der Waals surface area contributed by atoms with Crippen LogP contribution in [0.4, 0.5) is 0 Å². The maximum absolute atomic E-state index is 10.8. The van der Waals surface area contributed by atoms with Crippen molar-refractivity contribution < 1.29 is 4.79 Å². The molecule has 1 aliphatic heterocycles. The van der Waals surface area contributed by atoms with E-state index in [0.717, 1.165) is 13.1 Å². The number of carbonyl (C=O) groups excluding carboxylic acids is 1. The van der Waals surface area contributed by atoms with Crippen LogP contribution in [0.25, 0.3) is 0 Å². The van der Waals surface area contributed by atoms with E-state index in [9.17, 15) is 4.79 Å². The molecule has 0 atom stereocenters. The number of hydrogen-bond acceptors (Lipinski definition) is 2. The van der Waals surface area contributed by atoms with E-state index < -0.39 is 0 Å². The Morgan fingerprint density at radius 3 is 1.73 bits per heavy atom. The molecule has 3 heteroatoms. The van der Waals surface area contributed by atoms with E-state index in [0.29, 0.717) is 0 Å². The lowest BCUT2D eigenvalue weighted by Crippen LogP contribution is -2.33. The minimum atomic E-state index is 0.0278. The first-order valence-corrected chi connectivity index (χ1v) is 5.97. The molecule has 0 saturated heterocycles. The number of carbonyl (C=O) groups is 1. The first kappa shape index (κ1) is 12.2. The quantitative estimate of drug-likeness (QED) is 0.669. The van der Waals surface area contributed by atoms with E-state index in [1.165, 1.54) is 38.5 Å². The monoisotopic (exact) mass is 210 g/mol. The molecule has 1 fully saturated rings. The summed E-state index contributed by atoms with van der Waals surface area (Å²) in [7, 11) is 0. The van der Waals surface area contributed by atoms with Crippen LogP contribution in [0, 0.1) is 0 Å². The van der Waals surface area contributed by atoms with Crippen molar-refractivity contribution >= 4 is 5.91 Å². The van der Waals surface area contributed by atoms with Gasteiger partial charge in [-0.1, -0.05) is 50.7 Å². The maximum atomic E-state index is 10.8. The Balaban J connectivity index is 0.000000162. The summed E-state index contributed by atoms with van der Waals surface area (Å²) >= 11 is 0. The molecule has 1 aliphatic carbocycles. The summed E-state index contributed by atoms with van der Waals surface area (Å²) < 4.78 is 0. The minimum Gasteiger partial charge on any atom is -0.334 e. The van der Waals surface area contributed by atoms with Crippen LogP contribution in [-0.4, -0.2) is 30.4 Å². The summed E-state index contributed by atoms with van der Waals surface area (Å²) in [5, 5.41) is 0.